The normalized spacial score (nSPS) is 24.5. The van der Waals surface area contributed by atoms with Crippen molar-refractivity contribution in [3.63, 3.8) is 0 Å². The summed E-state index contributed by atoms with van der Waals surface area (Å²) in [4.78, 5) is 14.3. The standard InChI is InChI=1S/C18H26FN3O3S/c1-15-4-2-9-20(12-15)18(23)14-22-11-3-10-21(26(22,24)25)13-16-5-7-17(19)8-6-16/h5-8,15H,2-4,9-14H2,1H3. The van der Waals surface area contributed by atoms with Gasteiger partial charge >= 0.3 is 0 Å². The second kappa shape index (κ2) is 8.02. The first-order valence-electron chi connectivity index (χ1n) is 9.13. The third-order valence-corrected chi connectivity index (χ3v) is 6.99. The number of rotatable bonds is 4. The van der Waals surface area contributed by atoms with Gasteiger partial charge in [-0.1, -0.05) is 19.1 Å². The van der Waals surface area contributed by atoms with E-state index in [4.69, 9.17) is 0 Å². The molecule has 1 atom stereocenters. The SMILES string of the molecule is CC1CCCN(C(=O)CN2CCCN(Cc3ccc(F)cc3)S2(=O)=O)C1. The van der Waals surface area contributed by atoms with Crippen LogP contribution in [0.3, 0.4) is 0 Å². The quantitative estimate of drug-likeness (QED) is 0.797. The smallest absolute Gasteiger partial charge is 0.282 e. The van der Waals surface area contributed by atoms with Crippen LogP contribution < -0.4 is 0 Å². The summed E-state index contributed by atoms with van der Waals surface area (Å²) in [5.74, 6) is -0.0115. The first-order valence-corrected chi connectivity index (χ1v) is 10.5. The van der Waals surface area contributed by atoms with E-state index in [9.17, 15) is 17.6 Å². The van der Waals surface area contributed by atoms with Crippen molar-refractivity contribution in [1.82, 2.24) is 13.5 Å². The average Bonchev–Trinajstić information content (AvgIpc) is 2.60. The van der Waals surface area contributed by atoms with Crippen LogP contribution in [0.15, 0.2) is 24.3 Å². The summed E-state index contributed by atoms with van der Waals surface area (Å²) in [5.41, 5.74) is 0.730. The van der Waals surface area contributed by atoms with Crippen LogP contribution in [0.5, 0.6) is 0 Å². The third kappa shape index (κ3) is 4.42. The fraction of sp³-hybridized carbons (Fsp3) is 0.611. The molecule has 2 aliphatic heterocycles. The Morgan fingerprint density at radius 3 is 2.50 bits per heavy atom. The highest BCUT2D eigenvalue weighted by atomic mass is 32.2. The molecule has 3 rings (SSSR count). The minimum absolute atomic E-state index is 0.102. The van der Waals surface area contributed by atoms with Crippen LogP contribution in [-0.4, -0.2) is 60.6 Å². The lowest BCUT2D eigenvalue weighted by Crippen LogP contribution is -2.53. The van der Waals surface area contributed by atoms with E-state index in [1.54, 1.807) is 17.0 Å². The van der Waals surface area contributed by atoms with E-state index in [1.165, 1.54) is 20.7 Å². The van der Waals surface area contributed by atoms with Crippen LogP contribution in [0.4, 0.5) is 4.39 Å². The third-order valence-electron chi connectivity index (χ3n) is 5.06. The minimum Gasteiger partial charge on any atom is -0.341 e. The van der Waals surface area contributed by atoms with Gasteiger partial charge in [-0.25, -0.2) is 4.39 Å². The van der Waals surface area contributed by atoms with Gasteiger partial charge < -0.3 is 4.90 Å². The van der Waals surface area contributed by atoms with Crippen LogP contribution in [0.2, 0.25) is 0 Å². The lowest BCUT2D eigenvalue weighted by atomic mass is 10.0. The van der Waals surface area contributed by atoms with E-state index in [0.717, 1.165) is 18.4 Å². The Labute approximate surface area is 154 Å². The second-order valence-corrected chi connectivity index (χ2v) is 9.17. The number of hydrogen-bond acceptors (Lipinski definition) is 3. The van der Waals surface area contributed by atoms with Gasteiger partial charge in [0.15, 0.2) is 0 Å². The molecule has 2 saturated heterocycles. The average molecular weight is 383 g/mol. The molecule has 0 N–H and O–H groups in total. The Balaban J connectivity index is 1.66. The molecule has 0 radical (unpaired) electrons. The van der Waals surface area contributed by atoms with Gasteiger partial charge in [0.05, 0.1) is 6.54 Å². The van der Waals surface area contributed by atoms with Gasteiger partial charge in [-0.15, -0.1) is 0 Å². The van der Waals surface area contributed by atoms with Gasteiger partial charge in [-0.2, -0.15) is 17.0 Å². The van der Waals surface area contributed by atoms with Crippen LogP contribution in [0.25, 0.3) is 0 Å². The minimum atomic E-state index is -3.69. The number of piperidine rings is 1. The van der Waals surface area contributed by atoms with Gasteiger partial charge in [0.25, 0.3) is 10.2 Å². The van der Waals surface area contributed by atoms with Crippen molar-refractivity contribution < 1.29 is 17.6 Å². The number of halogens is 1. The van der Waals surface area contributed by atoms with Gasteiger partial charge in [0, 0.05) is 32.7 Å². The molecule has 1 aromatic rings. The van der Waals surface area contributed by atoms with Crippen LogP contribution in [0.1, 0.15) is 31.7 Å². The summed E-state index contributed by atoms with van der Waals surface area (Å²) in [6.07, 6.45) is 2.75. The van der Waals surface area contributed by atoms with E-state index >= 15 is 0 Å². The van der Waals surface area contributed by atoms with E-state index in [0.29, 0.717) is 38.5 Å². The van der Waals surface area contributed by atoms with Crippen molar-refractivity contribution >= 4 is 16.1 Å². The van der Waals surface area contributed by atoms with E-state index in [2.05, 4.69) is 6.92 Å². The lowest BCUT2D eigenvalue weighted by Gasteiger charge is -2.36. The Kier molecular flexibility index (Phi) is 5.94. The van der Waals surface area contributed by atoms with Crippen LogP contribution in [0, 0.1) is 11.7 Å². The van der Waals surface area contributed by atoms with Gasteiger partial charge in [-0.3, -0.25) is 4.79 Å². The topological polar surface area (TPSA) is 60.9 Å². The maximum Gasteiger partial charge on any atom is 0.282 e. The maximum absolute atomic E-state index is 13.0. The van der Waals surface area contributed by atoms with E-state index in [1.807, 2.05) is 0 Å². The Morgan fingerprint density at radius 1 is 1.12 bits per heavy atom. The molecule has 0 aromatic heterocycles. The van der Waals surface area contributed by atoms with Crippen molar-refractivity contribution in [3.8, 4) is 0 Å². The van der Waals surface area contributed by atoms with Gasteiger partial charge in [0.1, 0.15) is 5.82 Å². The van der Waals surface area contributed by atoms with Crippen molar-refractivity contribution in [2.45, 2.75) is 32.7 Å². The van der Waals surface area contributed by atoms with E-state index < -0.39 is 10.2 Å². The summed E-state index contributed by atoms with van der Waals surface area (Å²) in [7, 11) is -3.69. The van der Waals surface area contributed by atoms with Crippen molar-refractivity contribution in [1.29, 1.82) is 0 Å². The summed E-state index contributed by atoms with van der Waals surface area (Å²) < 4.78 is 41.4. The molecule has 8 heteroatoms. The van der Waals surface area contributed by atoms with Crippen LogP contribution >= 0.6 is 0 Å². The first-order chi connectivity index (χ1) is 12.4. The molecule has 0 spiro atoms. The summed E-state index contributed by atoms with van der Waals surface area (Å²) in [5, 5.41) is 0. The molecule has 1 amide bonds. The molecule has 0 bridgehead atoms. The molecular weight excluding hydrogens is 357 g/mol. The van der Waals surface area contributed by atoms with Crippen molar-refractivity contribution in [3.05, 3.63) is 35.6 Å². The molecule has 2 fully saturated rings. The van der Waals surface area contributed by atoms with Gasteiger partial charge in [0.2, 0.25) is 5.91 Å². The zero-order valence-electron chi connectivity index (χ0n) is 15.1. The zero-order chi connectivity index (χ0) is 18.7. The summed E-state index contributed by atoms with van der Waals surface area (Å²) in [6, 6.07) is 5.82. The molecule has 6 nitrogen and oxygen atoms in total. The van der Waals surface area contributed by atoms with Crippen molar-refractivity contribution in [2.75, 3.05) is 32.7 Å². The largest absolute Gasteiger partial charge is 0.341 e. The highest BCUT2D eigenvalue weighted by molar-refractivity contribution is 7.86. The number of likely N-dealkylation sites (tertiary alicyclic amines) is 1. The molecule has 1 aromatic carbocycles. The highest BCUT2D eigenvalue weighted by Crippen LogP contribution is 2.21. The molecule has 1 unspecified atom stereocenters. The Hall–Kier alpha value is -1.51. The predicted molar refractivity (Wildman–Crippen MR) is 96.9 cm³/mol. The maximum atomic E-state index is 13.0. The number of carbonyl (C=O) groups excluding carboxylic acids is 1. The number of hydrogen-bond donors (Lipinski definition) is 0. The zero-order valence-corrected chi connectivity index (χ0v) is 15.9. The molecule has 0 aliphatic carbocycles. The lowest BCUT2D eigenvalue weighted by molar-refractivity contribution is -0.133. The number of benzene rings is 1. The van der Waals surface area contributed by atoms with Crippen LogP contribution in [-0.2, 0) is 21.5 Å². The summed E-state index contributed by atoms with van der Waals surface area (Å²) in [6.45, 7) is 4.37. The molecular formula is C18H26FN3O3S. The number of carbonyl (C=O) groups is 1. The molecule has 2 heterocycles. The van der Waals surface area contributed by atoms with E-state index in [-0.39, 0.29) is 24.8 Å². The fourth-order valence-electron chi connectivity index (χ4n) is 3.60. The highest BCUT2D eigenvalue weighted by Gasteiger charge is 2.36. The first kappa shape index (κ1) is 19.3. The number of amides is 1. The van der Waals surface area contributed by atoms with Gasteiger partial charge in [-0.05, 0) is 42.9 Å². The number of nitrogens with zero attached hydrogens (tertiary/aromatic N) is 3. The predicted octanol–water partition coefficient (Wildman–Crippen LogP) is 1.84. The molecule has 0 saturated carbocycles. The molecule has 144 valence electrons. The Bertz CT molecular complexity index is 739. The second-order valence-electron chi connectivity index (χ2n) is 7.24. The molecule has 2 aliphatic rings. The monoisotopic (exact) mass is 383 g/mol. The fourth-order valence-corrected chi connectivity index (χ4v) is 5.23. The Morgan fingerprint density at radius 2 is 1.81 bits per heavy atom. The summed E-state index contributed by atoms with van der Waals surface area (Å²) >= 11 is 0. The van der Waals surface area contributed by atoms with Crippen molar-refractivity contribution in [2.24, 2.45) is 5.92 Å². The molecule has 26 heavy (non-hydrogen) atoms.